The highest BCUT2D eigenvalue weighted by atomic mass is 15.0. The van der Waals surface area contributed by atoms with E-state index in [1.807, 2.05) is 6.20 Å². The van der Waals surface area contributed by atoms with Crippen molar-refractivity contribution in [3.63, 3.8) is 0 Å². The molecule has 3 heteroatoms. The van der Waals surface area contributed by atoms with Gasteiger partial charge < -0.3 is 4.48 Å². The van der Waals surface area contributed by atoms with Crippen molar-refractivity contribution in [2.24, 2.45) is 0 Å². The Labute approximate surface area is 191 Å². The van der Waals surface area contributed by atoms with E-state index in [4.69, 9.17) is 4.98 Å². The number of hydrogen-bond donors (Lipinski definition) is 0. The Morgan fingerprint density at radius 2 is 1.28 bits per heavy atom. The minimum atomic E-state index is -1.29. The quantitative estimate of drug-likeness (QED) is 0.435. The third kappa shape index (κ3) is 2.95. The molecular weight excluding hydrogens is 387 g/mol. The molecule has 32 heavy (non-hydrogen) atoms. The summed E-state index contributed by atoms with van der Waals surface area (Å²) in [4.78, 5) is 4.82. The van der Waals surface area contributed by atoms with E-state index < -0.39 is 6.28 Å². The summed E-state index contributed by atoms with van der Waals surface area (Å²) in [5.41, 5.74) is 14.7. The van der Waals surface area contributed by atoms with Gasteiger partial charge in [-0.2, -0.15) is 0 Å². The molecule has 0 amide bonds. The highest BCUT2D eigenvalue weighted by Gasteiger charge is 2.48. The molecule has 160 valence electrons. The number of fused-ring (bicyclic) bond motifs is 3. The summed E-state index contributed by atoms with van der Waals surface area (Å²) < 4.78 is 2.56. The zero-order valence-corrected chi connectivity index (χ0v) is 20.0. The van der Waals surface area contributed by atoms with E-state index in [0.717, 1.165) is 12.0 Å². The zero-order chi connectivity index (χ0) is 22.6. The summed E-state index contributed by atoms with van der Waals surface area (Å²) in [7, 11) is 0. The van der Waals surface area contributed by atoms with Gasteiger partial charge in [-0.25, -0.2) is 4.98 Å². The molecule has 0 unspecified atom stereocenters. The Morgan fingerprint density at radius 1 is 0.719 bits per heavy atom. The minimum absolute atomic E-state index is 0.945. The van der Waals surface area contributed by atoms with Crippen LogP contribution in [0.5, 0.6) is 0 Å². The summed E-state index contributed by atoms with van der Waals surface area (Å²) in [6.07, 6.45) is 3.85. The van der Waals surface area contributed by atoms with Crippen LogP contribution in [0.15, 0.2) is 67.0 Å². The van der Waals surface area contributed by atoms with Gasteiger partial charge in [-0.3, -0.25) is 0 Å². The molecule has 0 N–H and O–H groups in total. The van der Waals surface area contributed by atoms with Gasteiger partial charge in [-0.15, -0.1) is 10.9 Å². The van der Waals surface area contributed by atoms with Crippen molar-refractivity contribution in [3.05, 3.63) is 106 Å². The van der Waals surface area contributed by atoms with Crippen LogP contribution in [0.3, 0.4) is 0 Å². The van der Waals surface area contributed by atoms with E-state index in [2.05, 4.69) is 107 Å². The van der Waals surface area contributed by atoms with E-state index in [1.165, 1.54) is 55.6 Å². The maximum Gasteiger partial charge on any atom is 0.338 e. The molecule has 4 aromatic rings. The van der Waals surface area contributed by atoms with Crippen molar-refractivity contribution in [1.82, 2.24) is 4.98 Å². The molecule has 0 atom stereocenters. The molecule has 2 aromatic carbocycles. The van der Waals surface area contributed by atoms with Gasteiger partial charge in [0.25, 0.3) is 0 Å². The number of hydrogen-bond acceptors (Lipinski definition) is 1. The van der Waals surface area contributed by atoms with E-state index in [1.54, 1.807) is 0 Å². The number of aryl methyl sites for hydroxylation is 6. The molecule has 0 saturated heterocycles. The second-order valence-corrected chi connectivity index (χ2v) is 9.83. The summed E-state index contributed by atoms with van der Waals surface area (Å²) in [6.45, 7) is 13.6. The molecular formula is C29H31BN2. The first-order valence-corrected chi connectivity index (χ1v) is 11.6. The lowest BCUT2D eigenvalue weighted by molar-refractivity contribution is -0.532. The molecule has 0 aliphatic carbocycles. The first-order valence-electron chi connectivity index (χ1n) is 11.6. The number of pyridine rings is 2. The topological polar surface area (TPSA) is 16.8 Å². The van der Waals surface area contributed by atoms with E-state index in [-0.39, 0.29) is 0 Å². The molecule has 2 nitrogen and oxygen atoms in total. The second-order valence-electron chi connectivity index (χ2n) is 9.83. The summed E-state index contributed by atoms with van der Waals surface area (Å²) >= 11 is 0. The Hall–Kier alpha value is -3.20. The molecule has 5 rings (SSSR count). The molecule has 0 saturated carbocycles. The largest absolute Gasteiger partial charge is 0.410 e. The van der Waals surface area contributed by atoms with Crippen molar-refractivity contribution in [3.8, 4) is 11.4 Å². The Balaban J connectivity index is 2.00. The Morgan fingerprint density at radius 3 is 1.84 bits per heavy atom. The van der Waals surface area contributed by atoms with E-state index in [9.17, 15) is 0 Å². The lowest BCUT2D eigenvalue weighted by Crippen LogP contribution is -2.83. The predicted octanol–water partition coefficient (Wildman–Crippen LogP) is 4.59. The fourth-order valence-corrected chi connectivity index (χ4v) is 6.81. The molecule has 0 fully saturated rings. The molecule has 0 radical (unpaired) electrons. The van der Waals surface area contributed by atoms with Crippen molar-refractivity contribution in [2.45, 2.75) is 47.9 Å². The van der Waals surface area contributed by atoms with Crippen LogP contribution < -0.4 is 15.4 Å². The lowest BCUT2D eigenvalue weighted by Gasteiger charge is -2.44. The monoisotopic (exact) mass is 418 g/mol. The standard InChI is InChI=1S/C29H31BN2/c1-19-14-21(3)27(22(4)15-19)30(28-23(5)16-20(2)17-24(28)6)18-25-10-9-12-31-29(25)26-11-7-8-13-32(26)30/h7-17H,18H2,1-6H3. The highest BCUT2D eigenvalue weighted by Crippen LogP contribution is 2.29. The maximum absolute atomic E-state index is 4.82. The number of nitrogens with zero attached hydrogens (tertiary/aromatic N) is 2. The molecule has 1 aliphatic rings. The number of benzene rings is 2. The third-order valence-electron chi connectivity index (χ3n) is 7.45. The first-order chi connectivity index (χ1) is 15.3. The molecule has 3 heterocycles. The second kappa shape index (κ2) is 7.44. The van der Waals surface area contributed by atoms with Gasteiger partial charge in [0.2, 0.25) is 0 Å². The van der Waals surface area contributed by atoms with Gasteiger partial charge in [0.05, 0.1) is 0 Å². The van der Waals surface area contributed by atoms with Crippen molar-refractivity contribution in [1.29, 1.82) is 0 Å². The first kappa shape index (κ1) is 20.7. The van der Waals surface area contributed by atoms with Crippen LogP contribution in [0.2, 0.25) is 0 Å². The van der Waals surface area contributed by atoms with Gasteiger partial charge in [0.1, 0.15) is 11.9 Å². The van der Waals surface area contributed by atoms with Gasteiger partial charge in [-0.1, -0.05) is 76.1 Å². The van der Waals surface area contributed by atoms with Crippen LogP contribution in [0, 0.1) is 41.5 Å². The average Bonchev–Trinajstić information content (AvgIpc) is 2.72. The smallest absolute Gasteiger partial charge is 0.338 e. The fraction of sp³-hybridized carbons (Fsp3) is 0.241. The molecule has 0 bridgehead atoms. The third-order valence-corrected chi connectivity index (χ3v) is 7.45. The van der Waals surface area contributed by atoms with Crippen molar-refractivity contribution >= 4 is 17.2 Å². The van der Waals surface area contributed by atoms with E-state index >= 15 is 0 Å². The Kier molecular flexibility index (Phi) is 4.81. The van der Waals surface area contributed by atoms with Crippen LogP contribution in [-0.4, -0.2) is 11.3 Å². The summed E-state index contributed by atoms with van der Waals surface area (Å²) in [5, 5.41) is 0. The van der Waals surface area contributed by atoms with Gasteiger partial charge >= 0.3 is 6.28 Å². The van der Waals surface area contributed by atoms with Gasteiger partial charge in [-0.05, 0) is 59.2 Å². The number of aromatic nitrogens is 2. The fourth-order valence-electron chi connectivity index (χ4n) is 6.81. The SMILES string of the molecule is Cc1cc(C)c([B-]2(c3c(C)cc(C)cc3C)Cc3cccnc3-c3cccc[n+]32)c(C)c1. The van der Waals surface area contributed by atoms with Crippen LogP contribution in [0.1, 0.15) is 38.9 Å². The molecule has 1 aliphatic heterocycles. The normalized spacial score (nSPS) is 14.1. The molecule has 0 spiro atoms. The van der Waals surface area contributed by atoms with Gasteiger partial charge in [0.15, 0.2) is 5.69 Å². The maximum atomic E-state index is 4.82. The summed E-state index contributed by atoms with van der Waals surface area (Å²) in [5.74, 6) is 0. The van der Waals surface area contributed by atoms with Crippen LogP contribution in [0.4, 0.5) is 0 Å². The van der Waals surface area contributed by atoms with Crippen LogP contribution in [-0.2, 0) is 6.32 Å². The highest BCUT2D eigenvalue weighted by molar-refractivity contribution is 6.96. The minimum Gasteiger partial charge on any atom is -0.410 e. The van der Waals surface area contributed by atoms with Crippen LogP contribution >= 0.6 is 0 Å². The zero-order valence-electron chi connectivity index (χ0n) is 20.0. The van der Waals surface area contributed by atoms with Gasteiger partial charge in [0, 0.05) is 12.3 Å². The van der Waals surface area contributed by atoms with Crippen molar-refractivity contribution in [2.75, 3.05) is 0 Å². The predicted molar refractivity (Wildman–Crippen MR) is 135 cm³/mol. The summed E-state index contributed by atoms with van der Waals surface area (Å²) in [6, 6.07) is 20.3. The molecule has 2 aromatic heterocycles. The lowest BCUT2D eigenvalue weighted by atomic mass is 9.22. The Bertz CT molecular complexity index is 1270. The number of rotatable bonds is 2. The average molecular weight is 418 g/mol. The van der Waals surface area contributed by atoms with Crippen LogP contribution in [0.25, 0.3) is 11.4 Å². The van der Waals surface area contributed by atoms with Crippen molar-refractivity contribution < 1.29 is 4.48 Å². The van der Waals surface area contributed by atoms with E-state index in [0.29, 0.717) is 0 Å².